The van der Waals surface area contributed by atoms with Crippen molar-refractivity contribution in [2.75, 3.05) is 37.6 Å². The summed E-state index contributed by atoms with van der Waals surface area (Å²) < 4.78 is 13.3. The van der Waals surface area contributed by atoms with Crippen molar-refractivity contribution in [3.05, 3.63) is 35.7 Å². The van der Waals surface area contributed by atoms with E-state index in [-0.39, 0.29) is 5.82 Å². The third-order valence-corrected chi connectivity index (χ3v) is 3.56. The summed E-state index contributed by atoms with van der Waals surface area (Å²) in [4.78, 5) is 15.2. The second-order valence-electron chi connectivity index (χ2n) is 4.80. The summed E-state index contributed by atoms with van der Waals surface area (Å²) in [6.45, 7) is 6.84. The van der Waals surface area contributed by atoms with E-state index >= 15 is 0 Å². The number of benzene rings is 1. The maximum Gasteiger partial charge on any atom is 0.328 e. The molecule has 0 radical (unpaired) electrons. The fourth-order valence-corrected chi connectivity index (χ4v) is 2.41. The highest BCUT2D eigenvalue weighted by Crippen LogP contribution is 2.24. The summed E-state index contributed by atoms with van der Waals surface area (Å²) in [5.41, 5.74) is 1.50. The number of aliphatic carboxylic acids is 1. The van der Waals surface area contributed by atoms with Crippen molar-refractivity contribution in [2.45, 2.75) is 6.92 Å². The molecule has 0 atom stereocenters. The lowest BCUT2D eigenvalue weighted by atomic mass is 10.1. The molecule has 1 fully saturated rings. The Labute approximate surface area is 118 Å². The second-order valence-corrected chi connectivity index (χ2v) is 4.80. The Hall–Kier alpha value is -1.88. The Bertz CT molecular complexity index is 509. The first-order valence-corrected chi connectivity index (χ1v) is 6.78. The number of piperazine rings is 1. The van der Waals surface area contributed by atoms with Gasteiger partial charge >= 0.3 is 5.97 Å². The molecule has 0 bridgehead atoms. The zero-order chi connectivity index (χ0) is 14.5. The normalized spacial score (nSPS) is 16.8. The Kier molecular flexibility index (Phi) is 4.74. The Morgan fingerprint density at radius 2 is 2.05 bits per heavy atom. The summed E-state index contributed by atoms with van der Waals surface area (Å²) in [5.74, 6) is -1.39. The quantitative estimate of drug-likeness (QED) is 0.856. The largest absolute Gasteiger partial charge is 0.478 e. The van der Waals surface area contributed by atoms with Gasteiger partial charge in [-0.15, -0.1) is 0 Å². The molecule has 1 aromatic carbocycles. The lowest BCUT2D eigenvalue weighted by molar-refractivity contribution is -0.131. The molecule has 20 heavy (non-hydrogen) atoms. The van der Waals surface area contributed by atoms with E-state index in [4.69, 9.17) is 5.11 Å². The molecular formula is C15H19FN2O2. The summed E-state index contributed by atoms with van der Waals surface area (Å²) >= 11 is 0. The van der Waals surface area contributed by atoms with Gasteiger partial charge in [0.05, 0.1) is 0 Å². The number of rotatable bonds is 4. The maximum absolute atomic E-state index is 13.3. The van der Waals surface area contributed by atoms with Crippen LogP contribution in [0, 0.1) is 5.82 Å². The number of likely N-dealkylation sites (N-methyl/N-ethyl adjacent to an activating group) is 1. The van der Waals surface area contributed by atoms with Crippen molar-refractivity contribution in [1.82, 2.24) is 4.90 Å². The number of carbonyl (C=O) groups is 1. The molecule has 1 saturated heterocycles. The van der Waals surface area contributed by atoms with Gasteiger partial charge in [-0.2, -0.15) is 0 Å². The summed E-state index contributed by atoms with van der Waals surface area (Å²) in [7, 11) is 0. The molecule has 1 aliphatic rings. The summed E-state index contributed by atoms with van der Waals surface area (Å²) in [5, 5.41) is 8.71. The molecule has 108 valence electrons. The van der Waals surface area contributed by atoms with Gasteiger partial charge in [-0.1, -0.05) is 6.92 Å². The van der Waals surface area contributed by atoms with Crippen molar-refractivity contribution in [3.8, 4) is 0 Å². The summed E-state index contributed by atoms with van der Waals surface area (Å²) in [6.07, 6.45) is 2.49. The predicted octanol–water partition coefficient (Wildman–Crippen LogP) is 2.07. The van der Waals surface area contributed by atoms with E-state index in [0.717, 1.165) is 44.5 Å². The minimum atomic E-state index is -1.03. The van der Waals surface area contributed by atoms with Gasteiger partial charge in [0.2, 0.25) is 0 Å². The molecule has 1 aromatic rings. The zero-order valence-electron chi connectivity index (χ0n) is 11.6. The van der Waals surface area contributed by atoms with Crippen LogP contribution in [-0.2, 0) is 4.79 Å². The fraction of sp³-hybridized carbons (Fsp3) is 0.400. The van der Waals surface area contributed by atoms with Crippen LogP contribution < -0.4 is 4.90 Å². The Balaban J connectivity index is 2.20. The number of nitrogens with zero attached hydrogens (tertiary/aromatic N) is 2. The number of carboxylic acids is 1. The molecule has 0 spiro atoms. The smallest absolute Gasteiger partial charge is 0.328 e. The first-order valence-electron chi connectivity index (χ1n) is 6.78. The highest BCUT2D eigenvalue weighted by atomic mass is 19.1. The Morgan fingerprint density at radius 1 is 1.35 bits per heavy atom. The van der Waals surface area contributed by atoms with Crippen LogP contribution in [0.4, 0.5) is 10.1 Å². The first-order chi connectivity index (χ1) is 9.60. The van der Waals surface area contributed by atoms with Crippen LogP contribution >= 0.6 is 0 Å². The third-order valence-electron chi connectivity index (χ3n) is 3.56. The van der Waals surface area contributed by atoms with E-state index < -0.39 is 5.97 Å². The van der Waals surface area contributed by atoms with Crippen LogP contribution in [0.15, 0.2) is 24.3 Å². The van der Waals surface area contributed by atoms with Gasteiger partial charge in [0.15, 0.2) is 0 Å². The highest BCUT2D eigenvalue weighted by Gasteiger charge is 2.17. The van der Waals surface area contributed by atoms with Crippen LogP contribution in [0.1, 0.15) is 12.5 Å². The van der Waals surface area contributed by atoms with Gasteiger partial charge in [0.1, 0.15) is 5.82 Å². The fourth-order valence-electron chi connectivity index (χ4n) is 2.41. The molecule has 1 N–H and O–H groups in total. The molecule has 2 rings (SSSR count). The lowest BCUT2D eigenvalue weighted by Gasteiger charge is -2.36. The molecule has 1 heterocycles. The molecule has 0 saturated carbocycles. The average Bonchev–Trinajstić information content (AvgIpc) is 2.45. The molecule has 1 aliphatic heterocycles. The Morgan fingerprint density at radius 3 is 2.65 bits per heavy atom. The topological polar surface area (TPSA) is 43.8 Å². The summed E-state index contributed by atoms with van der Waals surface area (Å²) in [6, 6.07) is 4.51. The van der Waals surface area contributed by atoms with Crippen LogP contribution in [-0.4, -0.2) is 48.7 Å². The zero-order valence-corrected chi connectivity index (χ0v) is 11.6. The van der Waals surface area contributed by atoms with Gasteiger partial charge in [0, 0.05) is 43.5 Å². The predicted molar refractivity (Wildman–Crippen MR) is 77.4 cm³/mol. The van der Waals surface area contributed by atoms with Gasteiger partial charge < -0.3 is 14.9 Å². The van der Waals surface area contributed by atoms with Crippen LogP contribution in [0.2, 0.25) is 0 Å². The van der Waals surface area contributed by atoms with Gasteiger partial charge in [-0.05, 0) is 30.8 Å². The molecule has 0 aromatic heterocycles. The van der Waals surface area contributed by atoms with Crippen LogP contribution in [0.3, 0.4) is 0 Å². The first kappa shape index (κ1) is 14.5. The molecule has 5 heteroatoms. The molecule has 0 unspecified atom stereocenters. The monoisotopic (exact) mass is 278 g/mol. The van der Waals surface area contributed by atoms with Gasteiger partial charge in [0.25, 0.3) is 0 Å². The van der Waals surface area contributed by atoms with Gasteiger partial charge in [-0.3, -0.25) is 0 Å². The molecule has 0 amide bonds. The highest BCUT2D eigenvalue weighted by molar-refractivity contribution is 5.87. The standard InChI is InChI=1S/C15H19FN2O2/c1-2-17-7-9-18(10-8-17)14-5-4-13(16)11-12(14)3-6-15(19)20/h3-6,11H,2,7-10H2,1H3,(H,19,20)/b6-3+. The molecular weight excluding hydrogens is 259 g/mol. The lowest BCUT2D eigenvalue weighted by Crippen LogP contribution is -2.46. The van der Waals surface area contributed by atoms with E-state index in [9.17, 15) is 9.18 Å². The van der Waals surface area contributed by atoms with Gasteiger partial charge in [-0.25, -0.2) is 9.18 Å². The van der Waals surface area contributed by atoms with Crippen molar-refractivity contribution in [1.29, 1.82) is 0 Å². The number of anilines is 1. The third kappa shape index (κ3) is 3.57. The SMILES string of the molecule is CCN1CCN(c2ccc(F)cc2/C=C/C(=O)O)CC1. The van der Waals surface area contributed by atoms with Crippen molar-refractivity contribution >= 4 is 17.7 Å². The minimum absolute atomic E-state index is 0.356. The van der Waals surface area contributed by atoms with E-state index in [1.165, 1.54) is 18.2 Å². The van der Waals surface area contributed by atoms with Crippen molar-refractivity contribution in [2.24, 2.45) is 0 Å². The second kappa shape index (κ2) is 6.52. The number of halogens is 1. The van der Waals surface area contributed by atoms with Crippen LogP contribution in [0.25, 0.3) is 6.08 Å². The average molecular weight is 278 g/mol. The molecule has 0 aliphatic carbocycles. The number of hydrogen-bond donors (Lipinski definition) is 1. The van der Waals surface area contributed by atoms with Crippen molar-refractivity contribution < 1.29 is 14.3 Å². The van der Waals surface area contributed by atoms with E-state index in [0.29, 0.717) is 5.56 Å². The maximum atomic E-state index is 13.3. The van der Waals surface area contributed by atoms with Crippen LogP contribution in [0.5, 0.6) is 0 Å². The van der Waals surface area contributed by atoms with E-state index in [1.807, 2.05) is 0 Å². The minimum Gasteiger partial charge on any atom is -0.478 e. The van der Waals surface area contributed by atoms with E-state index in [2.05, 4.69) is 16.7 Å². The van der Waals surface area contributed by atoms with Crippen molar-refractivity contribution in [3.63, 3.8) is 0 Å². The molecule has 4 nitrogen and oxygen atoms in total. The van der Waals surface area contributed by atoms with E-state index in [1.54, 1.807) is 6.07 Å². The number of carboxylic acid groups (broad SMARTS) is 1. The number of hydrogen-bond acceptors (Lipinski definition) is 3.